The number of methoxy groups -OCH3 is 1. The van der Waals surface area contributed by atoms with Gasteiger partial charge in [-0.25, -0.2) is 4.79 Å². The number of benzene rings is 1. The van der Waals surface area contributed by atoms with Crippen molar-refractivity contribution in [2.75, 3.05) is 25.6 Å². The van der Waals surface area contributed by atoms with Gasteiger partial charge in [-0.3, -0.25) is 4.79 Å². The summed E-state index contributed by atoms with van der Waals surface area (Å²) < 4.78 is 22.0. The van der Waals surface area contributed by atoms with Crippen LogP contribution in [0.3, 0.4) is 0 Å². The Morgan fingerprint density at radius 2 is 1.53 bits per heavy atom. The number of urea groups is 1. The highest BCUT2D eigenvalue weighted by atomic mass is 16.7. The van der Waals surface area contributed by atoms with Gasteiger partial charge in [0.1, 0.15) is 42.7 Å². The number of anilines is 1. The molecular formula is C22H33N3O11. The number of aliphatic hydroxyl groups excluding tert-OH is 5. The molecule has 2 saturated heterocycles. The Labute approximate surface area is 207 Å². The van der Waals surface area contributed by atoms with Crippen LogP contribution in [0.25, 0.3) is 0 Å². The van der Waals surface area contributed by atoms with E-state index in [1.807, 2.05) is 0 Å². The average molecular weight is 516 g/mol. The van der Waals surface area contributed by atoms with Crippen LogP contribution in [0.4, 0.5) is 10.5 Å². The number of carbonyl (C=O) groups excluding carboxylic acids is 2. The van der Waals surface area contributed by atoms with Crippen molar-refractivity contribution in [2.24, 2.45) is 0 Å². The molecule has 0 unspecified atom stereocenters. The first-order chi connectivity index (χ1) is 17.2. The molecule has 2 heterocycles. The summed E-state index contributed by atoms with van der Waals surface area (Å²) in [7, 11) is 1.29. The second-order valence-electron chi connectivity index (χ2n) is 8.48. The maximum atomic E-state index is 12.5. The summed E-state index contributed by atoms with van der Waals surface area (Å²) in [5.41, 5.74) is 0.461. The molecule has 0 radical (unpaired) electrons. The van der Waals surface area contributed by atoms with Gasteiger partial charge in [0.15, 0.2) is 12.6 Å². The molecule has 2 fully saturated rings. The second kappa shape index (κ2) is 12.7. The van der Waals surface area contributed by atoms with Crippen LogP contribution < -0.4 is 16.0 Å². The Balaban J connectivity index is 1.77. The lowest BCUT2D eigenvalue weighted by Crippen LogP contribution is -2.69. The van der Waals surface area contributed by atoms with Crippen LogP contribution in [-0.4, -0.2) is 119 Å². The van der Waals surface area contributed by atoms with Crippen molar-refractivity contribution in [1.82, 2.24) is 10.6 Å². The molecule has 0 aliphatic carbocycles. The first-order valence-electron chi connectivity index (χ1n) is 11.3. The fourth-order valence-corrected chi connectivity index (χ4v) is 4.19. The third-order valence-corrected chi connectivity index (χ3v) is 5.96. The van der Waals surface area contributed by atoms with Crippen LogP contribution in [-0.2, 0) is 23.7 Å². The van der Waals surface area contributed by atoms with Gasteiger partial charge in [0.2, 0.25) is 5.91 Å². The van der Waals surface area contributed by atoms with Gasteiger partial charge >= 0.3 is 6.03 Å². The molecular weight excluding hydrogens is 482 g/mol. The van der Waals surface area contributed by atoms with Gasteiger partial charge in [0.25, 0.3) is 0 Å². The van der Waals surface area contributed by atoms with Crippen molar-refractivity contribution in [3.8, 4) is 0 Å². The van der Waals surface area contributed by atoms with Gasteiger partial charge in [-0.1, -0.05) is 18.2 Å². The van der Waals surface area contributed by atoms with Gasteiger partial charge < -0.3 is 60.4 Å². The van der Waals surface area contributed by atoms with E-state index >= 15 is 0 Å². The number of ether oxygens (including phenoxy) is 4. The molecule has 2 aliphatic rings. The van der Waals surface area contributed by atoms with Crippen molar-refractivity contribution < 1.29 is 54.1 Å². The number of hydrogen-bond donors (Lipinski definition) is 8. The SMILES string of the molecule is CO[C@@H]1O[C@H](CO)[C@@H](O[C@@H]2O[C@H](CO)[C@H](O)[C@H](NC(=O)Nc3ccccc3)[C@H]2O)[C@H](O)[C@H]1NC(C)=O. The normalized spacial score (nSPS) is 36.6. The minimum Gasteiger partial charge on any atom is -0.394 e. The number of amides is 3. The van der Waals surface area contributed by atoms with E-state index in [9.17, 15) is 35.1 Å². The Bertz CT molecular complexity index is 863. The lowest BCUT2D eigenvalue weighted by Gasteiger charge is -2.47. The molecule has 8 N–H and O–H groups in total. The number of para-hydroxylation sites is 1. The van der Waals surface area contributed by atoms with Gasteiger partial charge in [-0.05, 0) is 12.1 Å². The molecule has 0 saturated carbocycles. The summed E-state index contributed by atoms with van der Waals surface area (Å²) in [5, 5.41) is 59.4. The molecule has 0 aromatic heterocycles. The standard InChI is InChI=1S/C22H33N3O11/c1-10(28)23-15-17(30)19(13(9-27)35-20(15)33-2)36-21-18(31)14(16(29)12(8-26)34-21)25-22(32)24-11-6-4-3-5-7-11/h3-7,12-21,26-27,29-31H,8-9H2,1-2H3,(H,23,28)(H2,24,25,32)/t12-,13-,14+,15-,16+,17-,18-,19-,20-,21+/m1/s1. The van der Waals surface area contributed by atoms with E-state index in [2.05, 4.69) is 16.0 Å². The van der Waals surface area contributed by atoms with Crippen molar-refractivity contribution in [2.45, 2.75) is 68.2 Å². The summed E-state index contributed by atoms with van der Waals surface area (Å²) in [6.07, 6.45) is -11.1. The van der Waals surface area contributed by atoms with E-state index in [1.54, 1.807) is 30.3 Å². The minimum absolute atomic E-state index is 0.461. The second-order valence-corrected chi connectivity index (χ2v) is 8.48. The smallest absolute Gasteiger partial charge is 0.319 e. The first kappa shape index (κ1) is 28.2. The predicted molar refractivity (Wildman–Crippen MR) is 121 cm³/mol. The van der Waals surface area contributed by atoms with Crippen LogP contribution in [0.2, 0.25) is 0 Å². The average Bonchev–Trinajstić information content (AvgIpc) is 2.86. The minimum atomic E-state index is -1.67. The van der Waals surface area contributed by atoms with E-state index in [1.165, 1.54) is 14.0 Å². The molecule has 1 aromatic rings. The van der Waals surface area contributed by atoms with Crippen LogP contribution in [0.15, 0.2) is 30.3 Å². The maximum Gasteiger partial charge on any atom is 0.319 e. The Morgan fingerprint density at radius 3 is 2.11 bits per heavy atom. The number of aliphatic hydroxyl groups is 5. The third-order valence-electron chi connectivity index (χ3n) is 5.96. The van der Waals surface area contributed by atoms with E-state index in [4.69, 9.17) is 18.9 Å². The van der Waals surface area contributed by atoms with E-state index < -0.39 is 86.4 Å². The Hall–Kier alpha value is -2.40. The zero-order chi connectivity index (χ0) is 26.4. The summed E-state index contributed by atoms with van der Waals surface area (Å²) in [4.78, 5) is 24.1. The molecule has 36 heavy (non-hydrogen) atoms. The van der Waals surface area contributed by atoms with Gasteiger partial charge in [-0.15, -0.1) is 0 Å². The summed E-state index contributed by atoms with van der Waals surface area (Å²) >= 11 is 0. The van der Waals surface area contributed by atoms with Crippen LogP contribution in [0, 0.1) is 0 Å². The zero-order valence-corrected chi connectivity index (χ0v) is 19.8. The summed E-state index contributed by atoms with van der Waals surface area (Å²) in [5.74, 6) is -0.489. The lowest BCUT2D eigenvalue weighted by molar-refractivity contribution is -0.336. The Kier molecular flexibility index (Phi) is 9.95. The van der Waals surface area contributed by atoms with Crippen LogP contribution in [0.5, 0.6) is 0 Å². The Morgan fingerprint density at radius 1 is 0.889 bits per heavy atom. The highest BCUT2D eigenvalue weighted by Crippen LogP contribution is 2.29. The molecule has 10 atom stereocenters. The molecule has 3 amide bonds. The monoisotopic (exact) mass is 515 g/mol. The van der Waals surface area contributed by atoms with E-state index in [0.717, 1.165) is 0 Å². The maximum absolute atomic E-state index is 12.5. The van der Waals surface area contributed by atoms with E-state index in [-0.39, 0.29) is 0 Å². The van der Waals surface area contributed by atoms with Crippen LogP contribution >= 0.6 is 0 Å². The molecule has 0 bridgehead atoms. The van der Waals surface area contributed by atoms with Gasteiger partial charge in [-0.2, -0.15) is 0 Å². The lowest BCUT2D eigenvalue weighted by atomic mass is 9.94. The molecule has 3 rings (SSSR count). The van der Waals surface area contributed by atoms with Crippen molar-refractivity contribution in [1.29, 1.82) is 0 Å². The molecule has 202 valence electrons. The van der Waals surface area contributed by atoms with Crippen molar-refractivity contribution in [3.05, 3.63) is 30.3 Å². The number of rotatable bonds is 8. The highest BCUT2D eigenvalue weighted by molar-refractivity contribution is 5.89. The zero-order valence-electron chi connectivity index (χ0n) is 19.8. The number of hydrogen-bond acceptors (Lipinski definition) is 11. The fourth-order valence-electron chi connectivity index (χ4n) is 4.19. The third kappa shape index (κ3) is 6.47. The molecule has 14 nitrogen and oxygen atoms in total. The number of carbonyl (C=O) groups is 2. The molecule has 2 aliphatic heterocycles. The highest BCUT2D eigenvalue weighted by Gasteiger charge is 2.51. The predicted octanol–water partition coefficient (Wildman–Crippen LogP) is -2.77. The quantitative estimate of drug-likeness (QED) is 0.178. The summed E-state index contributed by atoms with van der Waals surface area (Å²) in [6.45, 7) is -0.0739. The summed E-state index contributed by atoms with van der Waals surface area (Å²) in [6, 6.07) is 5.26. The molecule has 1 aromatic carbocycles. The number of nitrogens with one attached hydrogen (secondary N) is 3. The molecule has 0 spiro atoms. The first-order valence-corrected chi connectivity index (χ1v) is 11.3. The largest absolute Gasteiger partial charge is 0.394 e. The topological polar surface area (TPSA) is 208 Å². The fraction of sp³-hybridized carbons (Fsp3) is 0.636. The van der Waals surface area contributed by atoms with Gasteiger partial charge in [0.05, 0.1) is 19.3 Å². The van der Waals surface area contributed by atoms with Crippen LogP contribution in [0.1, 0.15) is 6.92 Å². The van der Waals surface area contributed by atoms with Gasteiger partial charge in [0, 0.05) is 19.7 Å². The molecule has 14 heteroatoms. The van der Waals surface area contributed by atoms with Crippen molar-refractivity contribution >= 4 is 17.6 Å². The van der Waals surface area contributed by atoms with Crippen molar-refractivity contribution in [3.63, 3.8) is 0 Å². The van der Waals surface area contributed by atoms with E-state index in [0.29, 0.717) is 5.69 Å².